The summed E-state index contributed by atoms with van der Waals surface area (Å²) in [4.78, 5) is 0.119. The third-order valence-corrected chi connectivity index (χ3v) is 5.29. The number of furan rings is 1. The molecule has 0 saturated heterocycles. The van der Waals surface area contributed by atoms with E-state index in [2.05, 4.69) is 20.7 Å². The van der Waals surface area contributed by atoms with Gasteiger partial charge in [0.1, 0.15) is 5.76 Å². The van der Waals surface area contributed by atoms with Crippen LogP contribution in [0, 0.1) is 0 Å². The zero-order valence-corrected chi connectivity index (χ0v) is 13.1. The van der Waals surface area contributed by atoms with E-state index in [-0.39, 0.29) is 11.5 Å². The van der Waals surface area contributed by atoms with Crippen LogP contribution in [0.25, 0.3) is 0 Å². The minimum absolute atomic E-state index is 0.119. The van der Waals surface area contributed by atoms with Crippen molar-refractivity contribution in [1.29, 1.82) is 0 Å². The summed E-state index contributed by atoms with van der Waals surface area (Å²) in [5.41, 5.74) is 0.634. The highest BCUT2D eigenvalue weighted by atomic mass is 79.9. The van der Waals surface area contributed by atoms with Crippen molar-refractivity contribution in [2.24, 2.45) is 0 Å². The molecule has 20 heavy (non-hydrogen) atoms. The molecule has 1 aromatic heterocycles. The summed E-state index contributed by atoms with van der Waals surface area (Å²) >= 11 is 3.21. The normalized spacial score (nSPS) is 13.3. The van der Waals surface area contributed by atoms with Gasteiger partial charge < -0.3 is 9.52 Å². The van der Waals surface area contributed by atoms with Gasteiger partial charge in [-0.05, 0) is 52.7 Å². The fourth-order valence-corrected chi connectivity index (χ4v) is 4.09. The maximum absolute atomic E-state index is 12.3. The molecule has 0 radical (unpaired) electrons. The molecule has 0 aliphatic rings. The van der Waals surface area contributed by atoms with Crippen LogP contribution in [0.1, 0.15) is 24.3 Å². The van der Waals surface area contributed by atoms with Crippen LogP contribution in [-0.2, 0) is 16.6 Å². The monoisotopic (exact) mass is 359 g/mol. The molecule has 1 aromatic carbocycles. The molecule has 1 unspecified atom stereocenters. The van der Waals surface area contributed by atoms with Crippen molar-refractivity contribution < 1.29 is 17.9 Å². The Bertz CT molecular complexity index is 682. The summed E-state index contributed by atoms with van der Waals surface area (Å²) in [6.45, 7) is 1.56. The number of rotatable bonds is 5. The molecule has 0 fully saturated rings. The van der Waals surface area contributed by atoms with Gasteiger partial charge in [0.25, 0.3) is 0 Å². The van der Waals surface area contributed by atoms with Gasteiger partial charge in [-0.1, -0.05) is 6.07 Å². The smallest absolute Gasteiger partial charge is 0.242 e. The molecule has 0 bridgehead atoms. The van der Waals surface area contributed by atoms with E-state index in [1.54, 1.807) is 31.2 Å². The van der Waals surface area contributed by atoms with E-state index in [0.717, 1.165) is 0 Å². The number of sulfonamides is 1. The Balaban J connectivity index is 2.27. The lowest BCUT2D eigenvalue weighted by Gasteiger charge is -2.13. The highest BCUT2D eigenvalue weighted by Gasteiger charge is 2.22. The third-order valence-electron chi connectivity index (χ3n) is 2.77. The van der Waals surface area contributed by atoms with Crippen molar-refractivity contribution in [2.45, 2.75) is 24.5 Å². The van der Waals surface area contributed by atoms with Gasteiger partial charge in [-0.15, -0.1) is 0 Å². The molecular weight excluding hydrogens is 346 g/mol. The van der Waals surface area contributed by atoms with Crippen LogP contribution in [-0.4, -0.2) is 13.5 Å². The molecule has 0 aliphatic carbocycles. The molecule has 2 aromatic rings. The maximum atomic E-state index is 12.3. The highest BCUT2D eigenvalue weighted by molar-refractivity contribution is 9.10. The number of nitrogens with one attached hydrogen (secondary N) is 1. The first-order valence-corrected chi connectivity index (χ1v) is 8.16. The Morgan fingerprint density at radius 2 is 2.15 bits per heavy atom. The van der Waals surface area contributed by atoms with Crippen molar-refractivity contribution >= 4 is 26.0 Å². The van der Waals surface area contributed by atoms with Crippen molar-refractivity contribution in [2.75, 3.05) is 0 Å². The predicted octanol–water partition coefficient (Wildman–Crippen LogP) is 2.57. The molecule has 2 N–H and O–H groups in total. The minimum Gasteiger partial charge on any atom is -0.468 e. The Labute approximate surface area is 125 Å². The topological polar surface area (TPSA) is 79.5 Å². The van der Waals surface area contributed by atoms with Crippen LogP contribution in [0.4, 0.5) is 0 Å². The van der Waals surface area contributed by atoms with E-state index in [9.17, 15) is 8.42 Å². The van der Waals surface area contributed by atoms with Crippen LogP contribution in [0.15, 0.2) is 50.4 Å². The van der Waals surface area contributed by atoms with Crippen molar-refractivity contribution in [1.82, 2.24) is 4.72 Å². The molecule has 7 heteroatoms. The summed E-state index contributed by atoms with van der Waals surface area (Å²) in [5, 5.41) is 9.03. The molecule has 0 spiro atoms. The molecule has 1 heterocycles. The molecule has 5 nitrogen and oxygen atoms in total. The first-order valence-electron chi connectivity index (χ1n) is 5.89. The van der Waals surface area contributed by atoms with Gasteiger partial charge in [0, 0.05) is 4.47 Å². The quantitative estimate of drug-likeness (QED) is 0.859. The average Bonchev–Trinajstić information content (AvgIpc) is 2.91. The van der Waals surface area contributed by atoms with E-state index in [0.29, 0.717) is 15.8 Å². The van der Waals surface area contributed by atoms with Gasteiger partial charge in [0.05, 0.1) is 23.8 Å². The van der Waals surface area contributed by atoms with E-state index >= 15 is 0 Å². The standard InChI is InChI=1S/C13H14BrNO4S/c1-9(12-3-2-6-19-12)15-20(17,18)13-5-4-10(8-16)7-11(13)14/h2-7,9,15-16H,8H2,1H3. The second-order valence-corrected chi connectivity index (χ2v) is 6.82. The summed E-state index contributed by atoms with van der Waals surface area (Å²) in [5.74, 6) is 0.539. The highest BCUT2D eigenvalue weighted by Crippen LogP contribution is 2.25. The summed E-state index contributed by atoms with van der Waals surface area (Å²) in [6.07, 6.45) is 1.49. The van der Waals surface area contributed by atoms with Gasteiger partial charge in [-0.2, -0.15) is 0 Å². The van der Waals surface area contributed by atoms with Gasteiger partial charge >= 0.3 is 0 Å². The number of benzene rings is 1. The Morgan fingerprint density at radius 1 is 1.40 bits per heavy atom. The van der Waals surface area contributed by atoms with Gasteiger partial charge in [0.15, 0.2) is 0 Å². The van der Waals surface area contributed by atoms with Crippen LogP contribution < -0.4 is 4.72 Å². The second kappa shape index (κ2) is 6.09. The minimum atomic E-state index is -3.68. The molecule has 0 saturated carbocycles. The van der Waals surface area contributed by atoms with Crippen molar-refractivity contribution in [3.63, 3.8) is 0 Å². The molecular formula is C13H14BrNO4S. The van der Waals surface area contributed by atoms with Crippen LogP contribution in [0.5, 0.6) is 0 Å². The Kier molecular flexibility index (Phi) is 4.64. The van der Waals surface area contributed by atoms with Crippen LogP contribution in [0.3, 0.4) is 0 Å². The number of aliphatic hydroxyl groups excluding tert-OH is 1. The van der Waals surface area contributed by atoms with Crippen molar-refractivity contribution in [3.05, 3.63) is 52.4 Å². The fraction of sp³-hybridized carbons (Fsp3) is 0.231. The van der Waals surface area contributed by atoms with Crippen molar-refractivity contribution in [3.8, 4) is 0 Å². The van der Waals surface area contributed by atoms with E-state index in [1.807, 2.05) is 0 Å². The fourth-order valence-electron chi connectivity index (χ4n) is 1.75. The average molecular weight is 360 g/mol. The maximum Gasteiger partial charge on any atom is 0.242 e. The molecule has 0 amide bonds. The first kappa shape index (κ1) is 15.2. The first-order chi connectivity index (χ1) is 9.44. The number of hydrogen-bond acceptors (Lipinski definition) is 4. The predicted molar refractivity (Wildman–Crippen MR) is 77.5 cm³/mol. The lowest BCUT2D eigenvalue weighted by Crippen LogP contribution is -2.27. The SMILES string of the molecule is CC(NS(=O)(=O)c1ccc(CO)cc1Br)c1ccco1. The zero-order valence-electron chi connectivity index (χ0n) is 10.7. The van der Waals surface area contributed by atoms with Crippen LogP contribution in [0.2, 0.25) is 0 Å². The lowest BCUT2D eigenvalue weighted by molar-refractivity contribution is 0.281. The second-order valence-electron chi connectivity index (χ2n) is 4.28. The zero-order chi connectivity index (χ0) is 14.8. The van der Waals surface area contributed by atoms with Crippen LogP contribution >= 0.6 is 15.9 Å². The largest absolute Gasteiger partial charge is 0.468 e. The molecule has 2 rings (SSSR count). The summed E-state index contributed by atoms with van der Waals surface area (Å²) in [6, 6.07) is 7.53. The van der Waals surface area contributed by atoms with E-state index < -0.39 is 16.1 Å². The number of halogens is 1. The third kappa shape index (κ3) is 3.29. The number of aliphatic hydroxyl groups is 1. The summed E-state index contributed by atoms with van der Waals surface area (Å²) < 4.78 is 32.7. The number of hydrogen-bond donors (Lipinski definition) is 2. The molecule has 1 atom stereocenters. The molecule has 0 aliphatic heterocycles. The van der Waals surface area contributed by atoms with Gasteiger partial charge in [0.2, 0.25) is 10.0 Å². The van der Waals surface area contributed by atoms with E-state index in [4.69, 9.17) is 9.52 Å². The van der Waals surface area contributed by atoms with E-state index in [1.165, 1.54) is 12.3 Å². The Hall–Kier alpha value is -1.15. The molecule has 108 valence electrons. The lowest BCUT2D eigenvalue weighted by atomic mass is 10.2. The van der Waals surface area contributed by atoms with Gasteiger partial charge in [-0.25, -0.2) is 13.1 Å². The summed E-state index contributed by atoms with van der Waals surface area (Å²) in [7, 11) is -3.68. The van der Waals surface area contributed by atoms with Gasteiger partial charge in [-0.3, -0.25) is 0 Å². The Morgan fingerprint density at radius 3 is 2.70 bits per heavy atom.